The molecule has 0 spiro atoms. The van der Waals surface area contributed by atoms with E-state index in [0.717, 1.165) is 6.20 Å². The van der Waals surface area contributed by atoms with Gasteiger partial charge in [0.2, 0.25) is 0 Å². The first-order valence-electron chi connectivity index (χ1n) is 5.50. The molecule has 8 heteroatoms. The fourth-order valence-corrected chi connectivity index (χ4v) is 3.21. The number of nitrogens with one attached hydrogen (secondary N) is 1. The van der Waals surface area contributed by atoms with E-state index in [1.165, 1.54) is 6.07 Å². The van der Waals surface area contributed by atoms with E-state index in [1.807, 2.05) is 0 Å². The largest absolute Gasteiger partial charge is 0.382 e. The fourth-order valence-electron chi connectivity index (χ4n) is 1.53. The number of nitrogen functional groups attached to an aromatic ring is 1. The molecule has 1 heterocycles. The van der Waals surface area contributed by atoms with Crippen LogP contribution in [-0.4, -0.2) is 13.4 Å². The van der Waals surface area contributed by atoms with Gasteiger partial charge in [-0.1, -0.05) is 35.3 Å². The van der Waals surface area contributed by atoms with Gasteiger partial charge in [0.15, 0.2) is 0 Å². The summed E-state index contributed by atoms with van der Waals surface area (Å²) in [6.07, 6.45) is 1.13. The van der Waals surface area contributed by atoms with Crippen molar-refractivity contribution in [3.05, 3.63) is 46.1 Å². The average molecular weight is 332 g/mol. The van der Waals surface area contributed by atoms with Crippen molar-refractivity contribution in [3.8, 4) is 0 Å². The Kier molecular flexibility index (Phi) is 4.08. The average Bonchev–Trinajstić information content (AvgIpc) is 2.37. The van der Waals surface area contributed by atoms with Crippen molar-refractivity contribution in [3.63, 3.8) is 0 Å². The lowest BCUT2D eigenvalue weighted by Gasteiger charge is -2.12. The van der Waals surface area contributed by atoms with E-state index < -0.39 is 10.0 Å². The predicted molar refractivity (Wildman–Crippen MR) is 80.7 cm³/mol. The van der Waals surface area contributed by atoms with Gasteiger partial charge in [0, 0.05) is 6.20 Å². The number of rotatable bonds is 3. The van der Waals surface area contributed by atoms with Gasteiger partial charge in [-0.25, -0.2) is 13.4 Å². The number of benzene rings is 1. The summed E-state index contributed by atoms with van der Waals surface area (Å²) < 4.78 is 26.9. The molecular formula is C12H11Cl2N3O2S. The summed E-state index contributed by atoms with van der Waals surface area (Å²) in [4.78, 5) is 3.64. The second kappa shape index (κ2) is 5.47. The van der Waals surface area contributed by atoms with Gasteiger partial charge < -0.3 is 5.73 Å². The molecule has 20 heavy (non-hydrogen) atoms. The van der Waals surface area contributed by atoms with Crippen LogP contribution >= 0.6 is 23.2 Å². The lowest BCUT2D eigenvalue weighted by atomic mass is 10.2. The number of hydrogen-bond donors (Lipinski definition) is 2. The third-order valence-corrected chi connectivity index (χ3v) is 4.55. The maximum Gasteiger partial charge on any atom is 0.263 e. The fraction of sp³-hybridized carbons (Fsp3) is 0.0833. The zero-order valence-electron chi connectivity index (χ0n) is 10.4. The van der Waals surface area contributed by atoms with Crippen LogP contribution in [0.15, 0.2) is 35.4 Å². The standard InChI is InChI=1S/C12H11Cl2N3O2S/c1-7-3-2-4-9(13)11(7)17-20(18,19)8-5-10(14)12(15)16-6-8/h2-6,17H,1H3,(H2,15,16). The number of anilines is 2. The minimum absolute atomic E-state index is 0.0690. The first-order chi connectivity index (χ1) is 9.31. The maximum absolute atomic E-state index is 12.3. The van der Waals surface area contributed by atoms with E-state index in [-0.39, 0.29) is 15.7 Å². The molecule has 0 bridgehead atoms. The van der Waals surface area contributed by atoms with E-state index >= 15 is 0 Å². The molecule has 2 aromatic rings. The van der Waals surface area contributed by atoms with Gasteiger partial charge in [0.1, 0.15) is 10.7 Å². The SMILES string of the molecule is Cc1cccc(Cl)c1NS(=O)(=O)c1cnc(N)c(Cl)c1. The number of aryl methyl sites for hydroxylation is 1. The highest BCUT2D eigenvalue weighted by atomic mass is 35.5. The number of nitrogens with zero attached hydrogens (tertiary/aromatic N) is 1. The topological polar surface area (TPSA) is 85.1 Å². The van der Waals surface area contributed by atoms with Crippen molar-refractivity contribution in [2.45, 2.75) is 11.8 Å². The second-order valence-corrected chi connectivity index (χ2v) is 6.57. The second-order valence-electron chi connectivity index (χ2n) is 4.08. The molecule has 3 N–H and O–H groups in total. The molecule has 1 aromatic heterocycles. The van der Waals surface area contributed by atoms with Crippen LogP contribution in [-0.2, 0) is 10.0 Å². The lowest BCUT2D eigenvalue weighted by molar-refractivity contribution is 0.601. The van der Waals surface area contributed by atoms with Crippen LogP contribution in [0.5, 0.6) is 0 Å². The van der Waals surface area contributed by atoms with Gasteiger partial charge in [-0.15, -0.1) is 0 Å². The van der Waals surface area contributed by atoms with Crippen LogP contribution in [0.4, 0.5) is 11.5 Å². The minimum Gasteiger partial charge on any atom is -0.382 e. The van der Waals surface area contributed by atoms with Crippen molar-refractivity contribution < 1.29 is 8.42 Å². The molecule has 5 nitrogen and oxygen atoms in total. The highest BCUT2D eigenvalue weighted by molar-refractivity contribution is 7.92. The van der Waals surface area contributed by atoms with Gasteiger partial charge in [-0.3, -0.25) is 4.72 Å². The van der Waals surface area contributed by atoms with Crippen molar-refractivity contribution in [2.24, 2.45) is 0 Å². The Morgan fingerprint density at radius 3 is 2.55 bits per heavy atom. The first-order valence-corrected chi connectivity index (χ1v) is 7.74. The number of aromatic nitrogens is 1. The van der Waals surface area contributed by atoms with Crippen LogP contribution < -0.4 is 10.5 Å². The zero-order chi connectivity index (χ0) is 14.9. The van der Waals surface area contributed by atoms with Crippen molar-refractivity contribution in [1.82, 2.24) is 4.98 Å². The number of halogens is 2. The Bertz CT molecular complexity index is 743. The Balaban J connectivity index is 2.43. The molecule has 0 amide bonds. The van der Waals surface area contributed by atoms with E-state index in [0.29, 0.717) is 16.3 Å². The van der Waals surface area contributed by atoms with Crippen LogP contribution in [0.2, 0.25) is 10.0 Å². The van der Waals surface area contributed by atoms with Crippen molar-refractivity contribution in [1.29, 1.82) is 0 Å². The highest BCUT2D eigenvalue weighted by Crippen LogP contribution is 2.28. The summed E-state index contributed by atoms with van der Waals surface area (Å²) in [5, 5.41) is 0.381. The highest BCUT2D eigenvalue weighted by Gasteiger charge is 2.18. The van der Waals surface area contributed by atoms with Gasteiger partial charge in [0.25, 0.3) is 10.0 Å². The molecule has 0 radical (unpaired) electrons. The molecular weight excluding hydrogens is 321 g/mol. The van der Waals surface area contributed by atoms with Gasteiger partial charge in [-0.05, 0) is 24.6 Å². The van der Waals surface area contributed by atoms with E-state index in [9.17, 15) is 8.42 Å². The predicted octanol–water partition coefficient (Wildman–Crippen LogP) is 3.08. The molecule has 2 rings (SSSR count). The van der Waals surface area contributed by atoms with Gasteiger partial charge in [0.05, 0.1) is 15.7 Å². The molecule has 0 fully saturated rings. The summed E-state index contributed by atoms with van der Waals surface area (Å²) in [6.45, 7) is 1.75. The molecule has 0 unspecified atom stereocenters. The Hall–Kier alpha value is -1.50. The quantitative estimate of drug-likeness (QED) is 0.904. The number of hydrogen-bond acceptors (Lipinski definition) is 4. The third-order valence-electron chi connectivity index (χ3n) is 2.61. The zero-order valence-corrected chi connectivity index (χ0v) is 12.7. The first kappa shape index (κ1) is 14.9. The maximum atomic E-state index is 12.3. The summed E-state index contributed by atoms with van der Waals surface area (Å²) in [7, 11) is -3.83. The Morgan fingerprint density at radius 1 is 1.25 bits per heavy atom. The van der Waals surface area contributed by atoms with Crippen molar-refractivity contribution in [2.75, 3.05) is 10.5 Å². The molecule has 0 aliphatic rings. The molecule has 0 saturated heterocycles. The normalized spacial score (nSPS) is 11.3. The van der Waals surface area contributed by atoms with E-state index in [4.69, 9.17) is 28.9 Å². The number of nitrogens with two attached hydrogens (primary N) is 1. The summed E-state index contributed by atoms with van der Waals surface area (Å²) in [5.41, 5.74) is 6.48. The minimum atomic E-state index is -3.83. The van der Waals surface area contributed by atoms with E-state index in [2.05, 4.69) is 9.71 Å². The monoisotopic (exact) mass is 331 g/mol. The lowest BCUT2D eigenvalue weighted by Crippen LogP contribution is -2.14. The Labute approximate surface area is 126 Å². The van der Waals surface area contributed by atoms with Crippen LogP contribution in [0.3, 0.4) is 0 Å². The van der Waals surface area contributed by atoms with Crippen LogP contribution in [0, 0.1) is 6.92 Å². The van der Waals surface area contributed by atoms with E-state index in [1.54, 1.807) is 25.1 Å². The summed E-state index contributed by atoms with van der Waals surface area (Å²) in [5.74, 6) is 0.0690. The smallest absolute Gasteiger partial charge is 0.263 e. The number of sulfonamides is 1. The van der Waals surface area contributed by atoms with Crippen LogP contribution in [0.1, 0.15) is 5.56 Å². The van der Waals surface area contributed by atoms with Gasteiger partial charge >= 0.3 is 0 Å². The molecule has 0 aliphatic carbocycles. The molecule has 106 valence electrons. The van der Waals surface area contributed by atoms with Crippen molar-refractivity contribution >= 4 is 44.7 Å². The molecule has 0 atom stereocenters. The van der Waals surface area contributed by atoms with Crippen LogP contribution in [0.25, 0.3) is 0 Å². The number of para-hydroxylation sites is 1. The Morgan fingerprint density at radius 2 is 1.95 bits per heavy atom. The number of pyridine rings is 1. The molecule has 0 aliphatic heterocycles. The van der Waals surface area contributed by atoms with Gasteiger partial charge in [-0.2, -0.15) is 0 Å². The summed E-state index contributed by atoms with van der Waals surface area (Å²) in [6, 6.07) is 6.31. The molecule has 1 aromatic carbocycles. The third kappa shape index (κ3) is 2.98. The molecule has 0 saturated carbocycles. The summed E-state index contributed by atoms with van der Waals surface area (Å²) >= 11 is 11.8.